The number of hydrogen-bond acceptors (Lipinski definition) is 8. The molecule has 3 saturated carbocycles. The van der Waals surface area contributed by atoms with Crippen molar-refractivity contribution in [3.8, 4) is 0 Å². The zero-order valence-corrected chi connectivity index (χ0v) is 17.3. The van der Waals surface area contributed by atoms with Crippen molar-refractivity contribution < 1.29 is 40.1 Å². The zero-order valence-electron chi connectivity index (χ0n) is 17.3. The third kappa shape index (κ3) is 3.27. The van der Waals surface area contributed by atoms with Gasteiger partial charge in [0.25, 0.3) is 0 Å². The number of fused-ring (bicyclic) bond motifs is 1. The van der Waals surface area contributed by atoms with Crippen LogP contribution in [-0.2, 0) is 9.47 Å². The molecule has 8 heteroatoms. The lowest BCUT2D eigenvalue weighted by molar-refractivity contribution is -0.307. The highest BCUT2D eigenvalue weighted by Gasteiger charge is 2.66. The van der Waals surface area contributed by atoms with Crippen LogP contribution in [0.1, 0.15) is 52.4 Å². The summed E-state index contributed by atoms with van der Waals surface area (Å²) >= 11 is 0. The summed E-state index contributed by atoms with van der Waals surface area (Å²) in [6.07, 6.45) is -2.55. The standard InChI is InChI=1S/C21H36O8/c1-19-5-3-12-20(2,7-14(24)21(12,9-19)6-4-13(19)23)10-28-18-17(27)16(26)15(25)11(8-22)29-18/h11-18,22-27H,3-10H2,1-2H3/t11-,12-,13+,14-,15-,16+,17-,18-,19-,20-,21+/m1/s1. The molecule has 0 aromatic carbocycles. The predicted molar refractivity (Wildman–Crippen MR) is 102 cm³/mol. The molecule has 0 unspecified atom stereocenters. The van der Waals surface area contributed by atoms with Crippen LogP contribution in [0.4, 0.5) is 0 Å². The molecule has 3 aliphatic carbocycles. The Morgan fingerprint density at radius 3 is 2.34 bits per heavy atom. The van der Waals surface area contributed by atoms with Gasteiger partial charge in [-0.3, -0.25) is 0 Å². The molecule has 0 aromatic rings. The monoisotopic (exact) mass is 416 g/mol. The van der Waals surface area contributed by atoms with Gasteiger partial charge in [-0.15, -0.1) is 0 Å². The first-order valence-corrected chi connectivity index (χ1v) is 10.8. The third-order valence-electron chi connectivity index (χ3n) is 8.71. The van der Waals surface area contributed by atoms with Crippen molar-refractivity contribution in [2.75, 3.05) is 13.2 Å². The number of ether oxygens (including phenoxy) is 2. The van der Waals surface area contributed by atoms with Crippen LogP contribution in [0.3, 0.4) is 0 Å². The first-order chi connectivity index (χ1) is 13.6. The zero-order chi connectivity index (χ0) is 21.2. The molecule has 4 aliphatic rings. The van der Waals surface area contributed by atoms with Crippen molar-refractivity contribution in [2.24, 2.45) is 22.2 Å². The van der Waals surface area contributed by atoms with Crippen LogP contribution in [0, 0.1) is 22.2 Å². The molecule has 2 bridgehead atoms. The Morgan fingerprint density at radius 1 is 0.931 bits per heavy atom. The van der Waals surface area contributed by atoms with E-state index < -0.39 is 43.4 Å². The van der Waals surface area contributed by atoms with Crippen LogP contribution >= 0.6 is 0 Å². The van der Waals surface area contributed by atoms with Crippen molar-refractivity contribution >= 4 is 0 Å². The van der Waals surface area contributed by atoms with Crippen LogP contribution in [-0.4, -0.2) is 86.8 Å². The van der Waals surface area contributed by atoms with Gasteiger partial charge in [0.2, 0.25) is 0 Å². The van der Waals surface area contributed by atoms with Gasteiger partial charge < -0.3 is 40.1 Å². The SMILES string of the molecule is C[C@]1(CO[C@@H]2O[C@H](CO)[C@@H](O)[C@H](O)[C@H]2O)C[C@@H](O)[C@]23CC[C@H](O)[C@](C)(CC[C@H]12)C3. The van der Waals surface area contributed by atoms with Gasteiger partial charge in [-0.2, -0.15) is 0 Å². The summed E-state index contributed by atoms with van der Waals surface area (Å²) in [5, 5.41) is 61.1. The largest absolute Gasteiger partial charge is 0.394 e. The Morgan fingerprint density at radius 2 is 1.66 bits per heavy atom. The van der Waals surface area contributed by atoms with Crippen molar-refractivity contribution in [1.82, 2.24) is 0 Å². The minimum Gasteiger partial charge on any atom is -0.394 e. The Balaban J connectivity index is 1.49. The number of hydrogen-bond donors (Lipinski definition) is 6. The van der Waals surface area contributed by atoms with E-state index in [-0.39, 0.29) is 34.9 Å². The van der Waals surface area contributed by atoms with Gasteiger partial charge in [0.1, 0.15) is 24.4 Å². The lowest BCUT2D eigenvalue weighted by atomic mass is 9.49. The molecule has 0 aromatic heterocycles. The molecule has 29 heavy (non-hydrogen) atoms. The van der Waals surface area contributed by atoms with Crippen molar-refractivity contribution in [1.29, 1.82) is 0 Å². The molecule has 4 fully saturated rings. The smallest absolute Gasteiger partial charge is 0.186 e. The van der Waals surface area contributed by atoms with Crippen LogP contribution in [0.5, 0.6) is 0 Å². The van der Waals surface area contributed by atoms with Crippen LogP contribution in [0.15, 0.2) is 0 Å². The van der Waals surface area contributed by atoms with Crippen molar-refractivity contribution in [3.05, 3.63) is 0 Å². The van der Waals surface area contributed by atoms with E-state index in [1.807, 2.05) is 0 Å². The Labute approximate surface area is 171 Å². The molecule has 0 radical (unpaired) electrons. The van der Waals surface area contributed by atoms with E-state index in [0.717, 1.165) is 25.7 Å². The molecule has 1 heterocycles. The van der Waals surface area contributed by atoms with Gasteiger partial charge in [0.05, 0.1) is 25.4 Å². The van der Waals surface area contributed by atoms with E-state index >= 15 is 0 Å². The van der Waals surface area contributed by atoms with Gasteiger partial charge in [-0.25, -0.2) is 0 Å². The second kappa shape index (κ2) is 7.38. The second-order valence-corrected chi connectivity index (χ2v) is 10.6. The van der Waals surface area contributed by atoms with E-state index in [9.17, 15) is 30.6 Å². The molecule has 168 valence electrons. The lowest BCUT2D eigenvalue weighted by Gasteiger charge is -2.57. The Hall–Kier alpha value is -0.320. The summed E-state index contributed by atoms with van der Waals surface area (Å²) in [4.78, 5) is 0. The molecule has 6 N–H and O–H groups in total. The molecule has 1 aliphatic heterocycles. The highest BCUT2D eigenvalue weighted by Crippen LogP contribution is 2.68. The maximum atomic E-state index is 11.1. The molecule has 11 atom stereocenters. The normalized spacial score (nSPS) is 57.5. The summed E-state index contributed by atoms with van der Waals surface area (Å²) < 4.78 is 11.4. The van der Waals surface area contributed by atoms with Gasteiger partial charge in [-0.1, -0.05) is 13.8 Å². The van der Waals surface area contributed by atoms with Gasteiger partial charge >= 0.3 is 0 Å². The topological polar surface area (TPSA) is 140 Å². The van der Waals surface area contributed by atoms with Crippen molar-refractivity contribution in [2.45, 2.75) is 95.3 Å². The highest BCUT2D eigenvalue weighted by molar-refractivity contribution is 5.15. The van der Waals surface area contributed by atoms with E-state index in [2.05, 4.69) is 13.8 Å². The summed E-state index contributed by atoms with van der Waals surface area (Å²) in [6.45, 7) is 3.96. The first-order valence-electron chi connectivity index (χ1n) is 10.8. The molecule has 4 rings (SSSR count). The maximum absolute atomic E-state index is 11.1. The number of rotatable bonds is 4. The quantitative estimate of drug-likeness (QED) is 0.361. The second-order valence-electron chi connectivity index (χ2n) is 10.6. The molecular formula is C21H36O8. The van der Waals surface area contributed by atoms with Gasteiger partial charge in [0.15, 0.2) is 6.29 Å². The van der Waals surface area contributed by atoms with Crippen molar-refractivity contribution in [3.63, 3.8) is 0 Å². The molecule has 1 saturated heterocycles. The fraction of sp³-hybridized carbons (Fsp3) is 1.00. The average Bonchev–Trinajstić information content (AvgIpc) is 2.89. The summed E-state index contributed by atoms with van der Waals surface area (Å²) in [5.74, 6) is 0.232. The Bertz CT molecular complexity index is 615. The molecular weight excluding hydrogens is 380 g/mol. The average molecular weight is 417 g/mol. The van der Waals surface area contributed by atoms with Crippen LogP contribution in [0.25, 0.3) is 0 Å². The highest BCUT2D eigenvalue weighted by atomic mass is 16.7. The molecule has 8 nitrogen and oxygen atoms in total. The lowest BCUT2D eigenvalue weighted by Crippen LogP contribution is -2.59. The van der Waals surface area contributed by atoms with E-state index in [1.165, 1.54) is 0 Å². The third-order valence-corrected chi connectivity index (χ3v) is 8.71. The summed E-state index contributed by atoms with van der Waals surface area (Å²) in [7, 11) is 0. The van der Waals surface area contributed by atoms with E-state index in [4.69, 9.17) is 9.47 Å². The molecule has 0 amide bonds. The van der Waals surface area contributed by atoms with Crippen LogP contribution < -0.4 is 0 Å². The van der Waals surface area contributed by atoms with Gasteiger partial charge in [-0.05, 0) is 55.3 Å². The fourth-order valence-electron chi connectivity index (χ4n) is 7.01. The Kier molecular flexibility index (Phi) is 5.57. The van der Waals surface area contributed by atoms with Gasteiger partial charge in [0, 0.05) is 5.41 Å². The van der Waals surface area contributed by atoms with Crippen LogP contribution in [0.2, 0.25) is 0 Å². The molecule has 1 spiro atoms. The maximum Gasteiger partial charge on any atom is 0.186 e. The minimum absolute atomic E-state index is 0.154. The number of aliphatic hydroxyl groups excluding tert-OH is 6. The first kappa shape index (κ1) is 21.9. The predicted octanol–water partition coefficient (Wildman–Crippen LogP) is -0.479. The minimum atomic E-state index is -1.46. The van der Waals surface area contributed by atoms with E-state index in [0.29, 0.717) is 12.8 Å². The fourth-order valence-corrected chi connectivity index (χ4v) is 7.01. The van der Waals surface area contributed by atoms with E-state index in [1.54, 1.807) is 0 Å². The summed E-state index contributed by atoms with van der Waals surface area (Å²) in [5.41, 5.74) is -0.708. The number of aliphatic hydroxyl groups is 6. The summed E-state index contributed by atoms with van der Waals surface area (Å²) in [6, 6.07) is 0.